The molecule has 136 valence electrons. The standard InChI is InChI=1S/C16H14N2O7S/c1-2-25-16(21)13-8-15(20)18(17-13)10-5-9-3-4-11(26(22,23)24)7-12(9)14(19)6-10/h3-8,17,19H,2H2,1H3,(H,22,23,24). The van der Waals surface area contributed by atoms with Crippen molar-refractivity contribution in [3.63, 3.8) is 0 Å². The number of aromatic nitrogens is 2. The second-order valence-electron chi connectivity index (χ2n) is 5.39. The van der Waals surface area contributed by atoms with E-state index in [1.165, 1.54) is 24.3 Å². The summed E-state index contributed by atoms with van der Waals surface area (Å²) in [6.45, 7) is 1.79. The van der Waals surface area contributed by atoms with Gasteiger partial charge in [0.1, 0.15) is 11.4 Å². The van der Waals surface area contributed by atoms with E-state index in [0.29, 0.717) is 5.39 Å². The largest absolute Gasteiger partial charge is 0.507 e. The number of nitrogens with zero attached hydrogens (tertiary/aromatic N) is 1. The number of benzene rings is 2. The number of ether oxygens (including phenoxy) is 1. The SMILES string of the molecule is CCOC(=O)c1cc(=O)n(-c2cc(O)c3cc(S(=O)(=O)O)ccc3c2)[nH]1. The average molecular weight is 378 g/mol. The molecule has 10 heteroatoms. The molecule has 26 heavy (non-hydrogen) atoms. The minimum atomic E-state index is -4.42. The van der Waals surface area contributed by atoms with Gasteiger partial charge in [0.05, 0.1) is 17.2 Å². The van der Waals surface area contributed by atoms with E-state index < -0.39 is 21.6 Å². The second-order valence-corrected chi connectivity index (χ2v) is 6.81. The summed E-state index contributed by atoms with van der Waals surface area (Å²) in [6.07, 6.45) is 0. The van der Waals surface area contributed by atoms with Crippen molar-refractivity contribution < 1.29 is 27.6 Å². The number of rotatable bonds is 4. The van der Waals surface area contributed by atoms with E-state index in [1.54, 1.807) is 6.92 Å². The summed E-state index contributed by atoms with van der Waals surface area (Å²) in [4.78, 5) is 23.5. The zero-order valence-electron chi connectivity index (χ0n) is 13.5. The van der Waals surface area contributed by atoms with E-state index in [1.807, 2.05) is 0 Å². The molecule has 0 aliphatic rings. The highest BCUT2D eigenvalue weighted by Gasteiger charge is 2.16. The maximum Gasteiger partial charge on any atom is 0.356 e. The normalized spacial score (nSPS) is 11.6. The number of aromatic hydroxyl groups is 1. The van der Waals surface area contributed by atoms with Gasteiger partial charge in [0, 0.05) is 17.5 Å². The molecule has 3 N–H and O–H groups in total. The first kappa shape index (κ1) is 17.7. The third-order valence-corrected chi connectivity index (χ3v) is 4.51. The molecule has 0 aliphatic heterocycles. The van der Waals surface area contributed by atoms with Gasteiger partial charge in [-0.1, -0.05) is 6.07 Å². The molecule has 3 rings (SSSR count). The Morgan fingerprint density at radius 3 is 2.62 bits per heavy atom. The van der Waals surface area contributed by atoms with Crippen molar-refractivity contribution in [2.45, 2.75) is 11.8 Å². The van der Waals surface area contributed by atoms with Gasteiger partial charge in [-0.25, -0.2) is 9.48 Å². The van der Waals surface area contributed by atoms with Gasteiger partial charge < -0.3 is 9.84 Å². The number of hydrogen-bond acceptors (Lipinski definition) is 6. The molecule has 3 aromatic rings. The molecule has 2 aromatic carbocycles. The lowest BCUT2D eigenvalue weighted by atomic mass is 10.1. The molecule has 0 unspecified atom stereocenters. The summed E-state index contributed by atoms with van der Waals surface area (Å²) in [5, 5.41) is 13.4. The highest BCUT2D eigenvalue weighted by atomic mass is 32.2. The predicted molar refractivity (Wildman–Crippen MR) is 91.3 cm³/mol. The van der Waals surface area contributed by atoms with Crippen LogP contribution in [0.25, 0.3) is 16.5 Å². The molecule has 0 radical (unpaired) electrons. The topological polar surface area (TPSA) is 139 Å². The highest BCUT2D eigenvalue weighted by Crippen LogP contribution is 2.29. The van der Waals surface area contributed by atoms with Gasteiger partial charge in [0.2, 0.25) is 0 Å². The van der Waals surface area contributed by atoms with Crippen LogP contribution in [0.5, 0.6) is 5.75 Å². The Bertz CT molecular complexity index is 1180. The first-order chi connectivity index (χ1) is 12.2. The third kappa shape index (κ3) is 3.19. The molecule has 0 bridgehead atoms. The fraction of sp³-hybridized carbons (Fsp3) is 0.125. The van der Waals surface area contributed by atoms with Gasteiger partial charge >= 0.3 is 5.97 Å². The van der Waals surface area contributed by atoms with Gasteiger partial charge in [-0.05, 0) is 30.5 Å². The molecule has 0 atom stereocenters. The first-order valence-corrected chi connectivity index (χ1v) is 8.88. The van der Waals surface area contributed by atoms with Crippen LogP contribution in [0.1, 0.15) is 17.4 Å². The number of aromatic amines is 1. The maximum atomic E-state index is 12.1. The Morgan fingerprint density at radius 1 is 1.23 bits per heavy atom. The van der Waals surface area contributed by atoms with Crippen molar-refractivity contribution in [2.24, 2.45) is 0 Å². The first-order valence-electron chi connectivity index (χ1n) is 7.44. The average Bonchev–Trinajstić information content (AvgIpc) is 2.96. The fourth-order valence-corrected chi connectivity index (χ4v) is 3.00. The lowest BCUT2D eigenvalue weighted by Crippen LogP contribution is -2.13. The van der Waals surface area contributed by atoms with E-state index in [-0.39, 0.29) is 34.0 Å². The van der Waals surface area contributed by atoms with Gasteiger partial charge in [-0.2, -0.15) is 8.42 Å². The highest BCUT2D eigenvalue weighted by molar-refractivity contribution is 7.85. The number of phenolic OH excluding ortho intramolecular Hbond substituents is 1. The summed E-state index contributed by atoms with van der Waals surface area (Å²) in [6, 6.07) is 7.47. The van der Waals surface area contributed by atoms with Gasteiger partial charge in [0.25, 0.3) is 15.7 Å². The summed E-state index contributed by atoms with van der Waals surface area (Å²) in [5.41, 5.74) is -0.352. The van der Waals surface area contributed by atoms with Crippen LogP contribution >= 0.6 is 0 Å². The van der Waals surface area contributed by atoms with Crippen LogP contribution < -0.4 is 5.56 Å². The zero-order chi connectivity index (χ0) is 19.1. The molecule has 0 saturated carbocycles. The Kier molecular flexibility index (Phi) is 4.30. The second kappa shape index (κ2) is 6.32. The van der Waals surface area contributed by atoms with Crippen LogP contribution in [0, 0.1) is 0 Å². The van der Waals surface area contributed by atoms with Crippen molar-refractivity contribution in [2.75, 3.05) is 6.61 Å². The number of H-pyrrole nitrogens is 1. The van der Waals surface area contributed by atoms with Crippen LogP contribution in [0.3, 0.4) is 0 Å². The Hall–Kier alpha value is -3.11. The molecular weight excluding hydrogens is 364 g/mol. The summed E-state index contributed by atoms with van der Waals surface area (Å²) >= 11 is 0. The Labute approximate surface area is 147 Å². The van der Waals surface area contributed by atoms with Crippen molar-refractivity contribution in [1.82, 2.24) is 9.78 Å². The van der Waals surface area contributed by atoms with Crippen molar-refractivity contribution >= 4 is 26.9 Å². The quantitative estimate of drug-likeness (QED) is 0.461. The lowest BCUT2D eigenvalue weighted by Gasteiger charge is -2.08. The number of fused-ring (bicyclic) bond motifs is 1. The Balaban J connectivity index is 2.13. The van der Waals surface area contributed by atoms with Crippen molar-refractivity contribution in [3.05, 3.63) is 52.4 Å². The van der Waals surface area contributed by atoms with Gasteiger partial charge in [-0.15, -0.1) is 0 Å². The minimum Gasteiger partial charge on any atom is -0.507 e. The summed E-state index contributed by atoms with van der Waals surface area (Å²) < 4.78 is 37.4. The predicted octanol–water partition coefficient (Wildman–Crippen LogP) is 1.45. The zero-order valence-corrected chi connectivity index (χ0v) is 14.3. The minimum absolute atomic E-state index is 0.0434. The maximum absolute atomic E-state index is 12.1. The van der Waals surface area contributed by atoms with Crippen molar-refractivity contribution in [1.29, 1.82) is 0 Å². The van der Waals surface area contributed by atoms with Gasteiger partial charge in [0.15, 0.2) is 0 Å². The number of nitrogens with one attached hydrogen (secondary N) is 1. The van der Waals surface area contributed by atoms with E-state index >= 15 is 0 Å². The van der Waals surface area contributed by atoms with E-state index in [9.17, 15) is 23.1 Å². The summed E-state index contributed by atoms with van der Waals surface area (Å²) in [5.74, 6) is -0.992. The number of esters is 1. The number of carbonyl (C=O) groups excluding carboxylic acids is 1. The monoisotopic (exact) mass is 378 g/mol. The molecule has 0 amide bonds. The van der Waals surface area contributed by atoms with E-state index in [2.05, 4.69) is 5.10 Å². The molecular formula is C16H14N2O7S. The van der Waals surface area contributed by atoms with Crippen LogP contribution in [0.2, 0.25) is 0 Å². The molecule has 1 aromatic heterocycles. The van der Waals surface area contributed by atoms with E-state index in [4.69, 9.17) is 9.29 Å². The molecule has 0 aliphatic carbocycles. The van der Waals surface area contributed by atoms with Crippen LogP contribution in [0.15, 0.2) is 46.1 Å². The fourth-order valence-electron chi connectivity index (χ4n) is 2.49. The number of hydrogen-bond donors (Lipinski definition) is 3. The van der Waals surface area contributed by atoms with Crippen LogP contribution in [-0.2, 0) is 14.9 Å². The Morgan fingerprint density at radius 2 is 1.96 bits per heavy atom. The van der Waals surface area contributed by atoms with Crippen molar-refractivity contribution in [3.8, 4) is 11.4 Å². The van der Waals surface area contributed by atoms with E-state index in [0.717, 1.165) is 16.8 Å². The smallest absolute Gasteiger partial charge is 0.356 e. The van der Waals surface area contributed by atoms with Gasteiger partial charge in [-0.3, -0.25) is 14.4 Å². The van der Waals surface area contributed by atoms with Crippen LogP contribution in [0.4, 0.5) is 0 Å². The summed E-state index contributed by atoms with van der Waals surface area (Å²) in [7, 11) is -4.42. The lowest BCUT2D eigenvalue weighted by molar-refractivity contribution is 0.0519. The molecule has 0 fully saturated rings. The molecule has 9 nitrogen and oxygen atoms in total. The molecule has 1 heterocycles. The number of phenols is 1. The molecule has 0 saturated heterocycles. The third-order valence-electron chi connectivity index (χ3n) is 3.66. The number of carbonyl (C=O) groups is 1. The molecule has 0 spiro atoms. The van der Waals surface area contributed by atoms with Crippen LogP contribution in [-0.4, -0.2) is 40.4 Å².